The van der Waals surface area contributed by atoms with E-state index in [-0.39, 0.29) is 11.1 Å². The fourth-order valence-corrected chi connectivity index (χ4v) is 3.30. The predicted molar refractivity (Wildman–Crippen MR) is 98.5 cm³/mol. The molecule has 3 aromatic rings. The van der Waals surface area contributed by atoms with Gasteiger partial charge in [0.1, 0.15) is 5.56 Å². The fourth-order valence-electron chi connectivity index (χ4n) is 3.30. The lowest BCUT2D eigenvalue weighted by Gasteiger charge is -2.25. The van der Waals surface area contributed by atoms with Gasteiger partial charge >= 0.3 is 0 Å². The highest BCUT2D eigenvalue weighted by Crippen LogP contribution is 2.32. The van der Waals surface area contributed by atoms with E-state index < -0.39 is 44.5 Å². The van der Waals surface area contributed by atoms with Crippen LogP contribution in [0, 0.1) is 20.2 Å². The number of hydrogen-bond donors (Lipinski definition) is 0. The quantitative estimate of drug-likeness (QED) is 0.379. The van der Waals surface area contributed by atoms with Crippen molar-refractivity contribution < 1.29 is 24.2 Å². The first-order chi connectivity index (χ1) is 13.8. The van der Waals surface area contributed by atoms with Crippen LogP contribution in [-0.4, -0.2) is 32.5 Å². The van der Waals surface area contributed by atoms with Crippen LogP contribution in [0.5, 0.6) is 0 Å². The molecule has 0 aliphatic carbocycles. The third-order valence-electron chi connectivity index (χ3n) is 4.59. The van der Waals surface area contributed by atoms with E-state index >= 15 is 0 Å². The second-order valence-electron chi connectivity index (χ2n) is 6.18. The van der Waals surface area contributed by atoms with E-state index in [1.807, 2.05) is 0 Å². The van der Waals surface area contributed by atoms with Crippen molar-refractivity contribution in [2.24, 2.45) is 0 Å². The number of nitrogens with zero attached hydrogens (tertiary/aromatic N) is 3. The van der Waals surface area contributed by atoms with E-state index in [4.69, 9.17) is 0 Å². The highest BCUT2D eigenvalue weighted by Gasteiger charge is 2.40. The number of non-ortho nitro benzene ring substituents is 1. The SMILES string of the molecule is O=C(c1ccc([N+](=O)[O-])cc1[N+](=O)[O-])N1C(=O)c2cccc3cccc(c23)C1=O. The largest absolute Gasteiger partial charge is 0.289 e. The third-order valence-corrected chi connectivity index (χ3v) is 4.59. The Morgan fingerprint density at radius 3 is 1.93 bits per heavy atom. The summed E-state index contributed by atoms with van der Waals surface area (Å²) in [5, 5.41) is 23.3. The van der Waals surface area contributed by atoms with Crippen molar-refractivity contribution in [3.8, 4) is 0 Å². The van der Waals surface area contributed by atoms with Crippen LogP contribution in [0.2, 0.25) is 0 Å². The lowest BCUT2D eigenvalue weighted by molar-refractivity contribution is -0.394. The van der Waals surface area contributed by atoms with Gasteiger partial charge in [-0.05, 0) is 23.6 Å². The molecule has 1 heterocycles. The maximum absolute atomic E-state index is 13.0. The van der Waals surface area contributed by atoms with Crippen LogP contribution >= 0.6 is 0 Å². The number of carbonyl (C=O) groups is 3. The molecular weight excluding hydrogens is 382 g/mol. The number of nitro groups is 2. The molecule has 0 spiro atoms. The molecule has 1 aliphatic rings. The second kappa shape index (κ2) is 6.30. The minimum atomic E-state index is -1.23. The van der Waals surface area contributed by atoms with Crippen LogP contribution in [0.3, 0.4) is 0 Å². The maximum atomic E-state index is 13.0. The van der Waals surface area contributed by atoms with Crippen LogP contribution in [0.1, 0.15) is 31.1 Å². The van der Waals surface area contributed by atoms with E-state index in [2.05, 4.69) is 0 Å². The minimum Gasteiger partial charge on any atom is -0.268 e. The van der Waals surface area contributed by atoms with E-state index in [0.717, 1.165) is 12.1 Å². The van der Waals surface area contributed by atoms with Crippen LogP contribution < -0.4 is 0 Å². The average molecular weight is 391 g/mol. The Labute approximate surface area is 161 Å². The molecule has 0 saturated carbocycles. The van der Waals surface area contributed by atoms with Gasteiger partial charge in [-0.2, -0.15) is 0 Å². The molecule has 0 unspecified atom stereocenters. The van der Waals surface area contributed by atoms with Crippen molar-refractivity contribution in [1.29, 1.82) is 0 Å². The molecule has 29 heavy (non-hydrogen) atoms. The predicted octanol–water partition coefficient (Wildman–Crippen LogP) is 3.09. The first kappa shape index (κ1) is 17.9. The summed E-state index contributed by atoms with van der Waals surface area (Å²) in [6, 6.07) is 11.9. The van der Waals surface area contributed by atoms with Crippen LogP contribution in [-0.2, 0) is 0 Å². The Bertz CT molecular complexity index is 1230. The maximum Gasteiger partial charge on any atom is 0.289 e. The summed E-state index contributed by atoms with van der Waals surface area (Å²) in [6.07, 6.45) is 0. The van der Waals surface area contributed by atoms with Crippen molar-refractivity contribution in [1.82, 2.24) is 4.90 Å². The highest BCUT2D eigenvalue weighted by atomic mass is 16.6. The van der Waals surface area contributed by atoms with Gasteiger partial charge in [0.05, 0.1) is 15.9 Å². The zero-order valence-electron chi connectivity index (χ0n) is 14.4. The van der Waals surface area contributed by atoms with Crippen molar-refractivity contribution in [2.75, 3.05) is 0 Å². The van der Waals surface area contributed by atoms with Crippen LogP contribution in [0.25, 0.3) is 10.8 Å². The third kappa shape index (κ3) is 2.62. The molecule has 4 rings (SSSR count). The molecule has 0 radical (unpaired) electrons. The number of amides is 3. The topological polar surface area (TPSA) is 141 Å². The summed E-state index contributed by atoms with van der Waals surface area (Å²) in [5.74, 6) is -3.07. The Morgan fingerprint density at radius 2 is 1.41 bits per heavy atom. The summed E-state index contributed by atoms with van der Waals surface area (Å²) >= 11 is 0. The Morgan fingerprint density at radius 1 is 0.828 bits per heavy atom. The molecule has 1 aliphatic heterocycles. The zero-order valence-corrected chi connectivity index (χ0v) is 14.4. The second-order valence-corrected chi connectivity index (χ2v) is 6.18. The summed E-state index contributed by atoms with van der Waals surface area (Å²) in [5.41, 5.74) is -1.86. The van der Waals surface area contributed by atoms with E-state index in [1.165, 1.54) is 12.1 Å². The number of nitro benzene ring substituents is 2. The van der Waals surface area contributed by atoms with Gasteiger partial charge in [0.15, 0.2) is 0 Å². The first-order valence-electron chi connectivity index (χ1n) is 8.19. The first-order valence-corrected chi connectivity index (χ1v) is 8.19. The van der Waals surface area contributed by atoms with Gasteiger partial charge in [0.2, 0.25) is 0 Å². The zero-order chi connectivity index (χ0) is 20.9. The summed E-state index contributed by atoms with van der Waals surface area (Å²) in [4.78, 5) is 59.5. The monoisotopic (exact) mass is 391 g/mol. The number of imide groups is 3. The summed E-state index contributed by atoms with van der Waals surface area (Å²) in [7, 11) is 0. The molecule has 0 fully saturated rings. The smallest absolute Gasteiger partial charge is 0.268 e. The fraction of sp³-hybridized carbons (Fsp3) is 0. The van der Waals surface area contributed by atoms with Crippen LogP contribution in [0.4, 0.5) is 11.4 Å². The number of rotatable bonds is 3. The molecule has 10 nitrogen and oxygen atoms in total. The van der Waals surface area contributed by atoms with Gasteiger partial charge in [-0.1, -0.05) is 24.3 Å². The molecule has 142 valence electrons. The molecule has 0 N–H and O–H groups in total. The standard InChI is InChI=1S/C19H9N3O7/c23-17(12-8-7-11(21(26)27)9-15(12)22(28)29)20-18(24)13-5-1-3-10-4-2-6-14(16(10)13)19(20)25/h1-9H. The molecule has 3 aromatic carbocycles. The lowest BCUT2D eigenvalue weighted by atomic mass is 9.93. The molecule has 0 atom stereocenters. The molecule has 0 saturated heterocycles. The molecule has 0 aromatic heterocycles. The average Bonchev–Trinajstić information content (AvgIpc) is 2.71. The Balaban J connectivity index is 1.87. The lowest BCUT2D eigenvalue weighted by Crippen LogP contribution is -2.44. The van der Waals surface area contributed by atoms with Gasteiger partial charge in [-0.15, -0.1) is 0 Å². The molecule has 10 heteroatoms. The minimum absolute atomic E-state index is 0.107. The van der Waals surface area contributed by atoms with E-state index in [0.29, 0.717) is 21.7 Å². The molecule has 0 bridgehead atoms. The van der Waals surface area contributed by atoms with Gasteiger partial charge < -0.3 is 0 Å². The van der Waals surface area contributed by atoms with E-state index in [1.54, 1.807) is 24.3 Å². The number of carbonyl (C=O) groups excluding carboxylic acids is 3. The number of hydrogen-bond acceptors (Lipinski definition) is 7. The van der Waals surface area contributed by atoms with E-state index in [9.17, 15) is 34.6 Å². The van der Waals surface area contributed by atoms with Crippen LogP contribution in [0.15, 0.2) is 54.6 Å². The highest BCUT2D eigenvalue weighted by molar-refractivity contribution is 6.33. The summed E-state index contributed by atoms with van der Waals surface area (Å²) in [6.45, 7) is 0. The Kier molecular flexibility index (Phi) is 3.89. The van der Waals surface area contributed by atoms with Gasteiger partial charge in [-0.3, -0.25) is 34.6 Å². The molecule has 3 amide bonds. The number of benzene rings is 3. The Hall–Kier alpha value is -4.47. The van der Waals surface area contributed by atoms with Gasteiger partial charge in [0, 0.05) is 22.6 Å². The molecular formula is C19H9N3O7. The van der Waals surface area contributed by atoms with Crippen molar-refractivity contribution in [3.05, 3.63) is 91.5 Å². The van der Waals surface area contributed by atoms with Crippen molar-refractivity contribution in [3.63, 3.8) is 0 Å². The van der Waals surface area contributed by atoms with Crippen molar-refractivity contribution in [2.45, 2.75) is 0 Å². The van der Waals surface area contributed by atoms with Gasteiger partial charge in [-0.25, -0.2) is 4.90 Å². The summed E-state index contributed by atoms with van der Waals surface area (Å²) < 4.78 is 0. The van der Waals surface area contributed by atoms with Gasteiger partial charge in [0.25, 0.3) is 29.1 Å². The van der Waals surface area contributed by atoms with Crippen molar-refractivity contribution >= 4 is 39.9 Å². The normalized spacial score (nSPS) is 12.9.